The molecule has 0 radical (unpaired) electrons. The summed E-state index contributed by atoms with van der Waals surface area (Å²) in [6.45, 7) is 3.55. The van der Waals surface area contributed by atoms with Crippen molar-refractivity contribution >= 4 is 33.3 Å². The highest BCUT2D eigenvalue weighted by molar-refractivity contribution is 7.92. The molecule has 6 nitrogen and oxygen atoms in total. The summed E-state index contributed by atoms with van der Waals surface area (Å²) in [4.78, 5) is 10.7. The van der Waals surface area contributed by atoms with Gasteiger partial charge in [0.2, 0.25) is 5.95 Å². The zero-order chi connectivity index (χ0) is 16.4. The second kappa shape index (κ2) is 6.33. The van der Waals surface area contributed by atoms with Crippen molar-refractivity contribution in [1.82, 2.24) is 9.97 Å². The normalized spacial score (nSPS) is 15.0. The molecule has 23 heavy (non-hydrogen) atoms. The first-order chi connectivity index (χ1) is 11.0. The zero-order valence-corrected chi connectivity index (χ0v) is 14.2. The number of hydrogen-bond acceptors (Lipinski definition) is 5. The molecule has 0 atom stereocenters. The Hall–Kier alpha value is -1.86. The lowest BCUT2D eigenvalue weighted by atomic mass is 10.2. The van der Waals surface area contributed by atoms with E-state index in [4.69, 9.17) is 11.6 Å². The molecule has 1 aliphatic heterocycles. The first kappa shape index (κ1) is 16.0. The first-order valence-corrected chi connectivity index (χ1v) is 9.18. The summed E-state index contributed by atoms with van der Waals surface area (Å²) < 4.78 is 27.5. The van der Waals surface area contributed by atoms with E-state index in [1.807, 2.05) is 0 Å². The van der Waals surface area contributed by atoms with Crippen molar-refractivity contribution in [3.8, 4) is 0 Å². The van der Waals surface area contributed by atoms with Gasteiger partial charge in [-0.05, 0) is 37.5 Å². The lowest BCUT2D eigenvalue weighted by Crippen LogP contribution is -2.20. The smallest absolute Gasteiger partial charge is 0.262 e. The lowest BCUT2D eigenvalue weighted by molar-refractivity contribution is 0.600. The van der Waals surface area contributed by atoms with Gasteiger partial charge in [0.25, 0.3) is 10.0 Å². The van der Waals surface area contributed by atoms with E-state index in [2.05, 4.69) is 19.6 Å². The molecule has 0 unspecified atom stereocenters. The van der Waals surface area contributed by atoms with E-state index in [-0.39, 0.29) is 4.90 Å². The van der Waals surface area contributed by atoms with E-state index in [0.29, 0.717) is 22.2 Å². The van der Waals surface area contributed by atoms with Crippen molar-refractivity contribution in [2.75, 3.05) is 22.7 Å². The third-order valence-electron chi connectivity index (χ3n) is 3.79. The Labute approximate surface area is 140 Å². The van der Waals surface area contributed by atoms with Crippen molar-refractivity contribution in [3.05, 3.63) is 41.2 Å². The molecule has 0 amide bonds. The SMILES string of the molecule is Cc1c(Cl)cccc1S(=O)(=O)Nc1cnc(N2CCCC2)nc1. The Morgan fingerprint density at radius 2 is 1.83 bits per heavy atom. The van der Waals surface area contributed by atoms with Gasteiger partial charge in [-0.2, -0.15) is 0 Å². The van der Waals surface area contributed by atoms with E-state index < -0.39 is 10.0 Å². The van der Waals surface area contributed by atoms with Crippen LogP contribution in [0, 0.1) is 6.92 Å². The van der Waals surface area contributed by atoms with E-state index in [1.165, 1.54) is 18.5 Å². The third kappa shape index (κ3) is 3.40. The molecule has 3 rings (SSSR count). The van der Waals surface area contributed by atoms with E-state index >= 15 is 0 Å². The predicted octanol–water partition coefficient (Wildman–Crippen LogP) is 2.84. The Morgan fingerprint density at radius 1 is 1.17 bits per heavy atom. The Morgan fingerprint density at radius 3 is 2.48 bits per heavy atom. The van der Waals surface area contributed by atoms with Gasteiger partial charge < -0.3 is 4.90 Å². The molecule has 0 aliphatic carbocycles. The highest BCUT2D eigenvalue weighted by Gasteiger charge is 2.19. The van der Waals surface area contributed by atoms with Crippen LogP contribution in [0.5, 0.6) is 0 Å². The summed E-state index contributed by atoms with van der Waals surface area (Å²) in [5, 5.41) is 0.411. The molecule has 0 saturated carbocycles. The molecule has 122 valence electrons. The van der Waals surface area contributed by atoms with Crippen molar-refractivity contribution in [2.24, 2.45) is 0 Å². The maximum atomic E-state index is 12.5. The standard InChI is InChI=1S/C15H17ClN4O2S/c1-11-13(16)5-4-6-14(11)23(21,22)19-12-9-17-15(18-10-12)20-7-2-3-8-20/h4-6,9-10,19H,2-3,7-8H2,1H3. The van der Waals surface area contributed by atoms with Crippen LogP contribution >= 0.6 is 11.6 Å². The minimum Gasteiger partial charge on any atom is -0.341 e. The van der Waals surface area contributed by atoms with Crippen molar-refractivity contribution in [3.63, 3.8) is 0 Å². The van der Waals surface area contributed by atoms with Gasteiger partial charge in [0, 0.05) is 18.1 Å². The molecular weight excluding hydrogens is 336 g/mol. The van der Waals surface area contributed by atoms with Crippen molar-refractivity contribution < 1.29 is 8.42 Å². The van der Waals surface area contributed by atoms with Gasteiger partial charge in [-0.3, -0.25) is 4.72 Å². The van der Waals surface area contributed by atoms with Crippen LogP contribution in [0.4, 0.5) is 11.6 Å². The number of rotatable bonds is 4. The molecule has 2 aromatic rings. The fraction of sp³-hybridized carbons (Fsp3) is 0.333. The van der Waals surface area contributed by atoms with Gasteiger partial charge in [0.05, 0.1) is 23.0 Å². The molecule has 0 bridgehead atoms. The first-order valence-electron chi connectivity index (χ1n) is 7.32. The number of hydrogen-bond donors (Lipinski definition) is 1. The molecule has 1 saturated heterocycles. The summed E-state index contributed by atoms with van der Waals surface area (Å²) in [7, 11) is -3.73. The maximum Gasteiger partial charge on any atom is 0.262 e. The summed E-state index contributed by atoms with van der Waals surface area (Å²) in [5.74, 6) is 0.629. The molecule has 0 spiro atoms. The van der Waals surface area contributed by atoms with Crippen LogP contribution < -0.4 is 9.62 Å². The largest absolute Gasteiger partial charge is 0.341 e. The fourth-order valence-corrected chi connectivity index (χ4v) is 4.07. The third-order valence-corrected chi connectivity index (χ3v) is 5.72. The quantitative estimate of drug-likeness (QED) is 0.915. The van der Waals surface area contributed by atoms with Crippen LogP contribution in [-0.2, 0) is 10.0 Å². The summed E-state index contributed by atoms with van der Waals surface area (Å²) in [6.07, 6.45) is 5.23. The van der Waals surface area contributed by atoms with Crippen molar-refractivity contribution in [2.45, 2.75) is 24.7 Å². The molecule has 8 heteroatoms. The van der Waals surface area contributed by atoms with Crippen LogP contribution in [0.2, 0.25) is 5.02 Å². The molecular formula is C15H17ClN4O2S. The Kier molecular flexibility index (Phi) is 4.41. The van der Waals surface area contributed by atoms with Gasteiger partial charge in [0.1, 0.15) is 0 Å². The van der Waals surface area contributed by atoms with Gasteiger partial charge in [-0.15, -0.1) is 0 Å². The monoisotopic (exact) mass is 352 g/mol. The molecule has 1 fully saturated rings. The van der Waals surface area contributed by atoms with Crippen LogP contribution in [0.25, 0.3) is 0 Å². The number of halogens is 1. The number of anilines is 2. The van der Waals surface area contributed by atoms with Gasteiger partial charge >= 0.3 is 0 Å². The maximum absolute atomic E-state index is 12.5. The topological polar surface area (TPSA) is 75.2 Å². The van der Waals surface area contributed by atoms with Crippen LogP contribution in [0.15, 0.2) is 35.5 Å². The lowest BCUT2D eigenvalue weighted by Gasteiger charge is -2.15. The molecule has 1 aromatic heterocycles. The fourth-order valence-electron chi connectivity index (χ4n) is 2.54. The highest BCUT2D eigenvalue weighted by atomic mass is 35.5. The summed E-state index contributed by atoms with van der Waals surface area (Å²) >= 11 is 5.99. The average molecular weight is 353 g/mol. The van der Waals surface area contributed by atoms with Gasteiger partial charge in [-0.25, -0.2) is 18.4 Å². The number of nitrogens with zero attached hydrogens (tertiary/aromatic N) is 3. The molecule has 1 aliphatic rings. The average Bonchev–Trinajstić information content (AvgIpc) is 3.04. The number of aromatic nitrogens is 2. The van der Waals surface area contributed by atoms with Crippen molar-refractivity contribution in [1.29, 1.82) is 0 Å². The number of sulfonamides is 1. The minimum absolute atomic E-state index is 0.147. The predicted molar refractivity (Wildman–Crippen MR) is 90.5 cm³/mol. The van der Waals surface area contributed by atoms with Gasteiger partial charge in [-0.1, -0.05) is 17.7 Å². The van der Waals surface area contributed by atoms with E-state index in [1.54, 1.807) is 19.1 Å². The second-order valence-electron chi connectivity index (χ2n) is 5.43. The molecule has 2 heterocycles. The van der Waals surface area contributed by atoms with E-state index in [9.17, 15) is 8.42 Å². The highest BCUT2D eigenvalue weighted by Crippen LogP contribution is 2.25. The second-order valence-corrected chi connectivity index (χ2v) is 7.49. The van der Waals surface area contributed by atoms with Gasteiger partial charge in [0.15, 0.2) is 0 Å². The van der Waals surface area contributed by atoms with Crippen LogP contribution in [-0.4, -0.2) is 31.5 Å². The molecule has 1 aromatic carbocycles. The minimum atomic E-state index is -3.73. The Bertz CT molecular complexity index is 803. The van der Waals surface area contributed by atoms with Crippen LogP contribution in [0.1, 0.15) is 18.4 Å². The molecule has 1 N–H and O–H groups in total. The Balaban J connectivity index is 1.81. The number of benzene rings is 1. The summed E-state index contributed by atoms with van der Waals surface area (Å²) in [5.41, 5.74) is 0.837. The summed E-state index contributed by atoms with van der Waals surface area (Å²) in [6, 6.07) is 4.78. The van der Waals surface area contributed by atoms with E-state index in [0.717, 1.165) is 25.9 Å². The zero-order valence-electron chi connectivity index (χ0n) is 12.7. The van der Waals surface area contributed by atoms with Crippen LogP contribution in [0.3, 0.4) is 0 Å². The number of nitrogens with one attached hydrogen (secondary N) is 1.